The molecule has 6 heteroatoms. The van der Waals surface area contributed by atoms with Gasteiger partial charge in [-0.1, -0.05) is 18.2 Å². The maximum atomic E-state index is 5.73. The second kappa shape index (κ2) is 10.0. The molecule has 0 radical (unpaired) electrons. The molecule has 140 valence electrons. The number of halogens is 1. The van der Waals surface area contributed by atoms with E-state index in [9.17, 15) is 0 Å². The number of rotatable bonds is 9. The maximum Gasteiger partial charge on any atom is 0.193 e. The summed E-state index contributed by atoms with van der Waals surface area (Å²) in [6.45, 7) is 3.55. The molecule has 25 heavy (non-hydrogen) atoms. The van der Waals surface area contributed by atoms with Crippen molar-refractivity contribution in [3.05, 3.63) is 30.3 Å². The molecule has 0 amide bonds. The number of nitrogens with one attached hydrogen (secondary N) is 1. The van der Waals surface area contributed by atoms with E-state index in [1.54, 1.807) is 0 Å². The largest absolute Gasteiger partial charge is 0.379 e. The molecule has 2 aliphatic rings. The van der Waals surface area contributed by atoms with Crippen LogP contribution < -0.4 is 5.32 Å². The summed E-state index contributed by atoms with van der Waals surface area (Å²) in [5, 5.41) is 3.55. The van der Waals surface area contributed by atoms with Crippen LogP contribution in [0.5, 0.6) is 0 Å². The summed E-state index contributed by atoms with van der Waals surface area (Å²) in [4.78, 5) is 7.94. The lowest BCUT2D eigenvalue weighted by Gasteiger charge is -2.24. The van der Waals surface area contributed by atoms with E-state index in [1.165, 1.54) is 30.6 Å². The van der Waals surface area contributed by atoms with Crippen LogP contribution in [0.4, 0.5) is 0 Å². The van der Waals surface area contributed by atoms with Gasteiger partial charge in [-0.25, -0.2) is 0 Å². The topological polar surface area (TPSA) is 36.9 Å². The average Bonchev–Trinajstić information content (AvgIpc) is 3.51. The fraction of sp³-hybridized carbons (Fsp3) is 0.632. The Balaban J connectivity index is 0.00000225. The van der Waals surface area contributed by atoms with E-state index in [0.29, 0.717) is 4.75 Å². The molecule has 0 bridgehead atoms. The van der Waals surface area contributed by atoms with Gasteiger partial charge in [0.15, 0.2) is 5.96 Å². The average molecular weight is 475 g/mol. The van der Waals surface area contributed by atoms with Gasteiger partial charge in [-0.3, -0.25) is 4.99 Å². The van der Waals surface area contributed by atoms with Crippen molar-refractivity contribution in [1.29, 1.82) is 0 Å². The van der Waals surface area contributed by atoms with Gasteiger partial charge in [0.25, 0.3) is 0 Å². The van der Waals surface area contributed by atoms with Gasteiger partial charge in [0, 0.05) is 43.4 Å². The van der Waals surface area contributed by atoms with Gasteiger partial charge < -0.3 is 15.0 Å². The van der Waals surface area contributed by atoms with E-state index < -0.39 is 0 Å². The molecule has 2 aliphatic carbocycles. The molecule has 0 heterocycles. The summed E-state index contributed by atoms with van der Waals surface area (Å²) in [7, 11) is 3.94. The third-order valence-electron chi connectivity index (χ3n) is 4.65. The lowest BCUT2D eigenvalue weighted by atomic mass is 10.4. The molecular weight excluding hydrogens is 445 g/mol. The first-order chi connectivity index (χ1) is 11.7. The van der Waals surface area contributed by atoms with Gasteiger partial charge in [0.2, 0.25) is 0 Å². The number of hydrogen-bond donors (Lipinski definition) is 1. The van der Waals surface area contributed by atoms with Crippen LogP contribution in [0.25, 0.3) is 0 Å². The van der Waals surface area contributed by atoms with E-state index >= 15 is 0 Å². The molecule has 0 aromatic heterocycles. The Morgan fingerprint density at radius 3 is 2.64 bits per heavy atom. The number of nitrogens with zero attached hydrogens (tertiary/aromatic N) is 2. The molecule has 0 atom stereocenters. The molecule has 0 spiro atoms. The monoisotopic (exact) mass is 475 g/mol. The quantitative estimate of drug-likeness (QED) is 0.255. The number of likely N-dealkylation sites (N-methyl/N-ethyl adjacent to an activating group) is 1. The SMILES string of the molecule is CN=C(NCC1(Sc2ccccc2)CC1)N(C)CCOCC1CC1.I. The lowest BCUT2D eigenvalue weighted by molar-refractivity contribution is 0.115. The Labute approximate surface area is 173 Å². The summed E-state index contributed by atoms with van der Waals surface area (Å²) >= 11 is 1.99. The first-order valence-electron chi connectivity index (χ1n) is 8.94. The van der Waals surface area contributed by atoms with Crippen molar-refractivity contribution < 1.29 is 4.74 Å². The molecule has 1 N–H and O–H groups in total. The van der Waals surface area contributed by atoms with Crippen LogP contribution in [-0.4, -0.2) is 56.0 Å². The van der Waals surface area contributed by atoms with Gasteiger partial charge in [-0.15, -0.1) is 35.7 Å². The van der Waals surface area contributed by atoms with E-state index in [1.807, 2.05) is 18.8 Å². The first kappa shape index (κ1) is 20.8. The fourth-order valence-corrected chi connectivity index (χ4v) is 3.90. The van der Waals surface area contributed by atoms with E-state index in [0.717, 1.165) is 38.2 Å². The third kappa shape index (κ3) is 6.98. The Kier molecular flexibility index (Phi) is 8.35. The highest BCUT2D eigenvalue weighted by molar-refractivity contribution is 14.0. The van der Waals surface area contributed by atoms with Crippen molar-refractivity contribution in [1.82, 2.24) is 10.2 Å². The van der Waals surface area contributed by atoms with E-state index in [4.69, 9.17) is 4.74 Å². The Morgan fingerprint density at radius 2 is 2.04 bits per heavy atom. The normalized spacial score (nSPS) is 18.4. The third-order valence-corrected chi connectivity index (χ3v) is 6.14. The summed E-state index contributed by atoms with van der Waals surface area (Å²) in [5.74, 6) is 1.79. The van der Waals surface area contributed by atoms with Crippen molar-refractivity contribution in [2.24, 2.45) is 10.9 Å². The molecule has 0 unspecified atom stereocenters. The highest BCUT2D eigenvalue weighted by Crippen LogP contribution is 2.51. The van der Waals surface area contributed by atoms with Crippen molar-refractivity contribution in [3.63, 3.8) is 0 Å². The molecular formula is C19H30IN3OS. The molecule has 0 aliphatic heterocycles. The van der Waals surface area contributed by atoms with Crippen LogP contribution in [0.2, 0.25) is 0 Å². The fourth-order valence-electron chi connectivity index (χ4n) is 2.66. The highest BCUT2D eigenvalue weighted by atomic mass is 127. The molecule has 1 aromatic carbocycles. The first-order valence-corrected chi connectivity index (χ1v) is 9.76. The standard InChI is InChI=1S/C19H29N3OS.HI/c1-20-18(22(2)12-13-23-14-16-8-9-16)21-15-19(10-11-19)24-17-6-4-3-5-7-17;/h3-7,16H,8-15H2,1-2H3,(H,20,21);1H. The van der Waals surface area contributed by atoms with Gasteiger partial charge in [-0.05, 0) is 43.7 Å². The van der Waals surface area contributed by atoms with Crippen molar-refractivity contribution in [3.8, 4) is 0 Å². The second-order valence-corrected chi connectivity index (χ2v) is 8.48. The van der Waals surface area contributed by atoms with Crippen LogP contribution >= 0.6 is 35.7 Å². The van der Waals surface area contributed by atoms with Crippen LogP contribution in [-0.2, 0) is 4.74 Å². The molecule has 2 fully saturated rings. The van der Waals surface area contributed by atoms with Gasteiger partial charge in [0.05, 0.1) is 6.61 Å². The second-order valence-electron chi connectivity index (χ2n) is 6.94. The van der Waals surface area contributed by atoms with Gasteiger partial charge in [-0.2, -0.15) is 0 Å². The summed E-state index contributed by atoms with van der Waals surface area (Å²) < 4.78 is 6.07. The zero-order valence-corrected chi connectivity index (χ0v) is 18.4. The predicted molar refractivity (Wildman–Crippen MR) is 117 cm³/mol. The van der Waals surface area contributed by atoms with Crippen molar-refractivity contribution in [2.75, 3.05) is 40.4 Å². The number of benzene rings is 1. The number of ether oxygens (including phenoxy) is 1. The van der Waals surface area contributed by atoms with Gasteiger partial charge >= 0.3 is 0 Å². The Bertz CT molecular complexity index is 547. The minimum atomic E-state index is 0. The molecule has 1 aromatic rings. The maximum absolute atomic E-state index is 5.73. The van der Waals surface area contributed by atoms with Crippen LogP contribution in [0, 0.1) is 5.92 Å². The Hall–Kier alpha value is -0.470. The van der Waals surface area contributed by atoms with E-state index in [2.05, 4.69) is 52.6 Å². The van der Waals surface area contributed by atoms with Crippen molar-refractivity contribution in [2.45, 2.75) is 35.3 Å². The van der Waals surface area contributed by atoms with Crippen molar-refractivity contribution >= 4 is 41.7 Å². The van der Waals surface area contributed by atoms with Crippen LogP contribution in [0.3, 0.4) is 0 Å². The Morgan fingerprint density at radius 1 is 1.32 bits per heavy atom. The summed E-state index contributed by atoms with van der Waals surface area (Å²) in [6, 6.07) is 10.7. The minimum absolute atomic E-state index is 0. The zero-order valence-electron chi connectivity index (χ0n) is 15.2. The molecule has 0 saturated heterocycles. The number of guanidine groups is 1. The number of thioether (sulfide) groups is 1. The number of hydrogen-bond acceptors (Lipinski definition) is 3. The van der Waals surface area contributed by atoms with Crippen LogP contribution in [0.1, 0.15) is 25.7 Å². The lowest BCUT2D eigenvalue weighted by Crippen LogP contribution is -2.43. The van der Waals surface area contributed by atoms with Gasteiger partial charge in [0.1, 0.15) is 0 Å². The van der Waals surface area contributed by atoms with Crippen LogP contribution in [0.15, 0.2) is 40.2 Å². The summed E-state index contributed by atoms with van der Waals surface area (Å²) in [5.41, 5.74) is 0. The smallest absolute Gasteiger partial charge is 0.193 e. The molecule has 3 rings (SSSR count). The number of aliphatic imine (C=N–C) groups is 1. The predicted octanol–water partition coefficient (Wildman–Crippen LogP) is 3.86. The molecule has 2 saturated carbocycles. The zero-order chi connectivity index (χ0) is 16.8. The molecule has 4 nitrogen and oxygen atoms in total. The van der Waals surface area contributed by atoms with E-state index in [-0.39, 0.29) is 24.0 Å². The summed E-state index contributed by atoms with van der Waals surface area (Å²) in [6.07, 6.45) is 5.23. The minimum Gasteiger partial charge on any atom is -0.379 e. The highest BCUT2D eigenvalue weighted by Gasteiger charge is 2.43.